The molecule has 1 aromatic carbocycles. The SMILES string of the molecule is O=S1(=O)CCN(c2ccccc2-c2nc(-c3cccnn3)no2)CC1. The first-order valence-electron chi connectivity index (χ1n) is 7.79. The molecule has 0 atom stereocenters. The molecule has 0 amide bonds. The molecule has 0 aliphatic carbocycles. The molecule has 3 heterocycles. The zero-order chi connectivity index (χ0) is 17.3. The van der Waals surface area contributed by atoms with Crippen LogP contribution in [0.5, 0.6) is 0 Å². The molecule has 1 fully saturated rings. The van der Waals surface area contributed by atoms with Crippen LogP contribution < -0.4 is 4.90 Å². The third kappa shape index (κ3) is 3.22. The van der Waals surface area contributed by atoms with E-state index >= 15 is 0 Å². The molecule has 0 bridgehead atoms. The van der Waals surface area contributed by atoms with Crippen LogP contribution in [0.3, 0.4) is 0 Å². The highest BCUT2D eigenvalue weighted by Crippen LogP contribution is 2.31. The van der Waals surface area contributed by atoms with Crippen LogP contribution in [0.2, 0.25) is 0 Å². The van der Waals surface area contributed by atoms with Crippen LogP contribution in [0.25, 0.3) is 23.0 Å². The van der Waals surface area contributed by atoms with Gasteiger partial charge in [0.25, 0.3) is 5.89 Å². The molecule has 0 N–H and O–H groups in total. The fourth-order valence-electron chi connectivity index (χ4n) is 2.74. The predicted octanol–water partition coefficient (Wildman–Crippen LogP) is 1.43. The average Bonchev–Trinajstić information content (AvgIpc) is 3.13. The lowest BCUT2D eigenvalue weighted by atomic mass is 10.1. The monoisotopic (exact) mass is 357 g/mol. The van der Waals surface area contributed by atoms with Crippen molar-refractivity contribution >= 4 is 15.5 Å². The smallest absolute Gasteiger partial charge is 0.260 e. The maximum absolute atomic E-state index is 11.7. The van der Waals surface area contributed by atoms with Crippen molar-refractivity contribution in [2.45, 2.75) is 0 Å². The highest BCUT2D eigenvalue weighted by molar-refractivity contribution is 7.91. The van der Waals surface area contributed by atoms with Gasteiger partial charge in [0.2, 0.25) is 5.82 Å². The molecule has 1 aliphatic rings. The second kappa shape index (κ2) is 6.25. The van der Waals surface area contributed by atoms with E-state index in [9.17, 15) is 8.42 Å². The van der Waals surface area contributed by atoms with Crippen LogP contribution in [0, 0.1) is 0 Å². The summed E-state index contributed by atoms with van der Waals surface area (Å²) in [6.45, 7) is 0.898. The summed E-state index contributed by atoms with van der Waals surface area (Å²) >= 11 is 0. The summed E-state index contributed by atoms with van der Waals surface area (Å²) in [5.74, 6) is 1.02. The molecule has 0 spiro atoms. The van der Waals surface area contributed by atoms with Crippen molar-refractivity contribution < 1.29 is 12.9 Å². The summed E-state index contributed by atoms with van der Waals surface area (Å²) in [7, 11) is -2.94. The Labute approximate surface area is 144 Å². The van der Waals surface area contributed by atoms with E-state index in [0.29, 0.717) is 30.5 Å². The number of benzene rings is 1. The first-order chi connectivity index (χ1) is 12.1. The van der Waals surface area contributed by atoms with Gasteiger partial charge in [-0.25, -0.2) is 8.42 Å². The summed E-state index contributed by atoms with van der Waals surface area (Å²) in [5, 5.41) is 11.8. The molecule has 4 rings (SSSR count). The van der Waals surface area contributed by atoms with Gasteiger partial charge in [-0.15, -0.1) is 5.10 Å². The lowest BCUT2D eigenvalue weighted by molar-refractivity contribution is 0.432. The van der Waals surface area contributed by atoms with Gasteiger partial charge in [0.05, 0.1) is 17.1 Å². The first-order valence-corrected chi connectivity index (χ1v) is 9.61. The maximum Gasteiger partial charge on any atom is 0.260 e. The number of rotatable bonds is 3. The number of aromatic nitrogens is 4. The molecule has 0 unspecified atom stereocenters. The van der Waals surface area contributed by atoms with Gasteiger partial charge in [-0.1, -0.05) is 17.3 Å². The Morgan fingerprint density at radius 1 is 1.04 bits per heavy atom. The molecule has 0 radical (unpaired) electrons. The second-order valence-corrected chi connectivity index (χ2v) is 7.99. The number of hydrogen-bond donors (Lipinski definition) is 0. The van der Waals surface area contributed by atoms with Crippen LogP contribution in [0.15, 0.2) is 47.1 Å². The van der Waals surface area contributed by atoms with E-state index in [-0.39, 0.29) is 11.5 Å². The quantitative estimate of drug-likeness (QED) is 0.694. The van der Waals surface area contributed by atoms with E-state index in [1.165, 1.54) is 0 Å². The zero-order valence-corrected chi connectivity index (χ0v) is 14.1. The van der Waals surface area contributed by atoms with Crippen molar-refractivity contribution in [3.05, 3.63) is 42.6 Å². The molecule has 1 aliphatic heterocycles. The Morgan fingerprint density at radius 3 is 2.60 bits per heavy atom. The maximum atomic E-state index is 11.7. The topological polar surface area (TPSA) is 102 Å². The van der Waals surface area contributed by atoms with Crippen LogP contribution in [-0.4, -0.2) is 53.4 Å². The second-order valence-electron chi connectivity index (χ2n) is 5.69. The van der Waals surface area contributed by atoms with Crippen LogP contribution in [0.4, 0.5) is 5.69 Å². The van der Waals surface area contributed by atoms with Crippen LogP contribution in [-0.2, 0) is 9.84 Å². The number of anilines is 1. The minimum Gasteiger partial charge on any atom is -0.369 e. The fourth-order valence-corrected chi connectivity index (χ4v) is 3.94. The number of sulfone groups is 1. The molecule has 9 heteroatoms. The summed E-state index contributed by atoms with van der Waals surface area (Å²) in [6.07, 6.45) is 1.57. The van der Waals surface area contributed by atoms with Crippen molar-refractivity contribution in [1.29, 1.82) is 0 Å². The lowest BCUT2D eigenvalue weighted by Gasteiger charge is -2.29. The standard InChI is InChI=1S/C16H15N5O3S/c22-25(23)10-8-21(9-11-25)14-6-2-1-4-12(14)16-18-15(20-24-16)13-5-3-7-17-19-13/h1-7H,8-11H2. The Bertz CT molecular complexity index is 974. The highest BCUT2D eigenvalue weighted by Gasteiger charge is 2.25. The van der Waals surface area contributed by atoms with E-state index in [1.807, 2.05) is 29.2 Å². The molecular weight excluding hydrogens is 342 g/mol. The zero-order valence-electron chi connectivity index (χ0n) is 13.2. The van der Waals surface area contributed by atoms with E-state index < -0.39 is 9.84 Å². The van der Waals surface area contributed by atoms with Gasteiger partial charge in [-0.2, -0.15) is 10.1 Å². The fraction of sp³-hybridized carbons (Fsp3) is 0.250. The number of para-hydroxylation sites is 1. The van der Waals surface area contributed by atoms with Crippen LogP contribution in [0.1, 0.15) is 0 Å². The Kier molecular flexibility index (Phi) is 3.92. The van der Waals surface area contributed by atoms with Gasteiger partial charge in [0.15, 0.2) is 9.84 Å². The Hall–Kier alpha value is -2.81. The molecule has 1 saturated heterocycles. The summed E-state index contributed by atoms with van der Waals surface area (Å²) in [6, 6.07) is 11.1. The predicted molar refractivity (Wildman–Crippen MR) is 91.6 cm³/mol. The van der Waals surface area contributed by atoms with E-state index in [1.54, 1.807) is 18.3 Å². The van der Waals surface area contributed by atoms with Crippen molar-refractivity contribution in [1.82, 2.24) is 20.3 Å². The summed E-state index contributed by atoms with van der Waals surface area (Å²) < 4.78 is 28.7. The third-order valence-corrected chi connectivity index (χ3v) is 5.66. The molecule has 8 nitrogen and oxygen atoms in total. The van der Waals surface area contributed by atoms with Gasteiger partial charge >= 0.3 is 0 Å². The minimum absolute atomic E-state index is 0.149. The summed E-state index contributed by atoms with van der Waals surface area (Å²) in [5.41, 5.74) is 2.18. The first kappa shape index (κ1) is 15.7. The van der Waals surface area contributed by atoms with Gasteiger partial charge in [-0.3, -0.25) is 0 Å². The van der Waals surface area contributed by atoms with Gasteiger partial charge in [0, 0.05) is 25.0 Å². The van der Waals surface area contributed by atoms with E-state index in [4.69, 9.17) is 4.52 Å². The highest BCUT2D eigenvalue weighted by atomic mass is 32.2. The third-order valence-electron chi connectivity index (χ3n) is 4.05. The van der Waals surface area contributed by atoms with Gasteiger partial charge < -0.3 is 9.42 Å². The molecule has 3 aromatic rings. The van der Waals surface area contributed by atoms with Crippen LogP contribution >= 0.6 is 0 Å². The molecule has 2 aromatic heterocycles. The van der Waals surface area contributed by atoms with Crippen molar-refractivity contribution in [3.63, 3.8) is 0 Å². The molecule has 25 heavy (non-hydrogen) atoms. The average molecular weight is 357 g/mol. The number of nitrogens with zero attached hydrogens (tertiary/aromatic N) is 5. The van der Waals surface area contributed by atoms with Crippen molar-refractivity contribution in [3.8, 4) is 23.0 Å². The Morgan fingerprint density at radius 2 is 1.84 bits per heavy atom. The Balaban J connectivity index is 1.67. The van der Waals surface area contributed by atoms with Gasteiger partial charge in [-0.05, 0) is 24.3 Å². The molecule has 128 valence electrons. The van der Waals surface area contributed by atoms with Gasteiger partial charge in [0.1, 0.15) is 5.69 Å². The van der Waals surface area contributed by atoms with Crippen molar-refractivity contribution in [2.24, 2.45) is 0 Å². The molecule has 0 saturated carbocycles. The number of hydrogen-bond acceptors (Lipinski definition) is 8. The normalized spacial score (nSPS) is 16.7. The van der Waals surface area contributed by atoms with E-state index in [2.05, 4.69) is 20.3 Å². The van der Waals surface area contributed by atoms with E-state index in [0.717, 1.165) is 11.3 Å². The lowest BCUT2D eigenvalue weighted by Crippen LogP contribution is -2.40. The van der Waals surface area contributed by atoms with Crippen molar-refractivity contribution in [2.75, 3.05) is 29.5 Å². The molecular formula is C16H15N5O3S. The summed E-state index contributed by atoms with van der Waals surface area (Å²) in [4.78, 5) is 6.44. The largest absolute Gasteiger partial charge is 0.369 e. The minimum atomic E-state index is -2.94.